The van der Waals surface area contributed by atoms with Crippen LogP contribution in [0.3, 0.4) is 0 Å². The normalized spacial score (nSPS) is 16.7. The first-order chi connectivity index (χ1) is 16.4. The monoisotopic (exact) mass is 487 g/mol. The molecule has 0 radical (unpaired) electrons. The molecular weight excluding hydrogens is 458 g/mol. The Morgan fingerprint density at radius 1 is 1.18 bits per heavy atom. The van der Waals surface area contributed by atoms with E-state index in [1.807, 2.05) is 24.3 Å². The number of aryl methyl sites for hydroxylation is 1. The Morgan fingerprint density at radius 3 is 2.71 bits per heavy atom. The number of aromatic nitrogens is 3. The van der Waals surface area contributed by atoms with Gasteiger partial charge in [-0.3, -0.25) is 4.79 Å². The van der Waals surface area contributed by atoms with Gasteiger partial charge in [-0.1, -0.05) is 17.3 Å². The summed E-state index contributed by atoms with van der Waals surface area (Å²) in [7, 11) is -0.637. The van der Waals surface area contributed by atoms with Gasteiger partial charge in [0.2, 0.25) is 15.9 Å². The number of rotatable bonds is 10. The summed E-state index contributed by atoms with van der Waals surface area (Å²) in [6.45, 7) is 1.83. The third kappa shape index (κ3) is 5.06. The van der Waals surface area contributed by atoms with Crippen molar-refractivity contribution >= 4 is 27.0 Å². The number of hydrogen-bond acceptors (Lipinski definition) is 7. The summed E-state index contributed by atoms with van der Waals surface area (Å²) in [5.74, 6) is 0.428. The lowest BCUT2D eigenvalue weighted by atomic mass is 10.2. The van der Waals surface area contributed by atoms with E-state index in [-0.39, 0.29) is 10.8 Å². The third-order valence-corrected chi connectivity index (χ3v) is 7.85. The lowest BCUT2D eigenvalue weighted by Crippen LogP contribution is -2.45. The Morgan fingerprint density at radius 2 is 1.97 bits per heavy atom. The number of methoxy groups -OCH3 is 2. The smallest absolute Gasteiger partial charge is 0.243 e. The first-order valence-corrected chi connectivity index (χ1v) is 12.6. The molecule has 1 N–H and O–H groups in total. The molecular formula is C23H29N5O5S. The summed E-state index contributed by atoms with van der Waals surface area (Å²) in [4.78, 5) is 13.0. The molecule has 0 aliphatic carbocycles. The number of ether oxygens (including phenoxy) is 2. The van der Waals surface area contributed by atoms with Crippen molar-refractivity contribution in [2.75, 3.05) is 27.4 Å². The Hall–Kier alpha value is -3.02. The van der Waals surface area contributed by atoms with Crippen molar-refractivity contribution in [3.8, 4) is 5.75 Å². The molecule has 0 spiro atoms. The number of nitrogens with zero attached hydrogens (tertiary/aromatic N) is 4. The van der Waals surface area contributed by atoms with Gasteiger partial charge in [-0.15, -0.1) is 5.10 Å². The van der Waals surface area contributed by atoms with Crippen LogP contribution in [0.15, 0.2) is 47.4 Å². The maximum atomic E-state index is 13.4. The Kier molecular flexibility index (Phi) is 7.44. The number of fused-ring (bicyclic) bond motifs is 1. The van der Waals surface area contributed by atoms with E-state index in [9.17, 15) is 13.2 Å². The molecule has 1 aromatic heterocycles. The van der Waals surface area contributed by atoms with Gasteiger partial charge in [0.15, 0.2) is 0 Å². The molecule has 1 atom stereocenters. The van der Waals surface area contributed by atoms with Crippen LogP contribution in [0.1, 0.15) is 24.8 Å². The molecule has 34 heavy (non-hydrogen) atoms. The number of hydrogen-bond donors (Lipinski definition) is 1. The molecule has 0 bridgehead atoms. The van der Waals surface area contributed by atoms with Crippen LogP contribution in [-0.4, -0.2) is 67.0 Å². The van der Waals surface area contributed by atoms with E-state index < -0.39 is 16.1 Å². The quantitative estimate of drug-likeness (QED) is 0.435. The molecule has 0 saturated carbocycles. The van der Waals surface area contributed by atoms with Gasteiger partial charge in [0.1, 0.15) is 17.3 Å². The average Bonchev–Trinajstić information content (AvgIpc) is 3.51. The molecule has 1 aliphatic rings. The van der Waals surface area contributed by atoms with Gasteiger partial charge in [-0.2, -0.15) is 4.31 Å². The largest absolute Gasteiger partial charge is 0.497 e. The minimum atomic E-state index is -3.87. The van der Waals surface area contributed by atoms with Crippen LogP contribution < -0.4 is 10.1 Å². The minimum Gasteiger partial charge on any atom is -0.497 e. The zero-order chi connectivity index (χ0) is 24.1. The van der Waals surface area contributed by atoms with Crippen LogP contribution in [0.25, 0.3) is 11.0 Å². The number of sulfonamides is 1. The molecule has 1 amide bonds. The van der Waals surface area contributed by atoms with Crippen LogP contribution in [-0.2, 0) is 32.6 Å². The zero-order valence-corrected chi connectivity index (χ0v) is 20.1. The second-order valence-corrected chi connectivity index (χ2v) is 10.0. The van der Waals surface area contributed by atoms with Gasteiger partial charge in [-0.25, -0.2) is 13.1 Å². The first kappa shape index (κ1) is 24.1. The van der Waals surface area contributed by atoms with Crippen LogP contribution >= 0.6 is 0 Å². The second kappa shape index (κ2) is 10.5. The third-order valence-electron chi connectivity index (χ3n) is 5.94. The molecule has 11 heteroatoms. The predicted octanol–water partition coefficient (Wildman–Crippen LogP) is 1.95. The number of carbonyl (C=O) groups excluding carboxylic acids is 1. The molecule has 1 saturated heterocycles. The average molecular weight is 488 g/mol. The topological polar surface area (TPSA) is 116 Å². The maximum absolute atomic E-state index is 13.4. The molecule has 3 aromatic rings. The fourth-order valence-electron chi connectivity index (χ4n) is 4.11. The van der Waals surface area contributed by atoms with E-state index in [1.165, 1.54) is 10.4 Å². The van der Waals surface area contributed by atoms with Crippen LogP contribution in [0.5, 0.6) is 5.75 Å². The molecule has 0 unspecified atom stereocenters. The van der Waals surface area contributed by atoms with Crippen molar-refractivity contribution in [2.24, 2.45) is 0 Å². The Labute approximate surface area is 198 Å². The molecule has 182 valence electrons. The minimum absolute atomic E-state index is 0.110. The highest BCUT2D eigenvalue weighted by atomic mass is 32.2. The standard InChI is InChI=1S/C23H29N5O5S/c1-32-14-4-12-27-21-11-10-19(15-20(21)25-26-27)34(30,31)28-13-3-5-22(28)23(29)24-16-17-6-8-18(33-2)9-7-17/h6-11,15,22H,3-5,12-14,16H2,1-2H3,(H,24,29)/t22-/m1/s1. The number of amides is 1. The number of carbonyl (C=O) groups is 1. The summed E-state index contributed by atoms with van der Waals surface area (Å²) < 4.78 is 40.1. The number of nitrogens with one attached hydrogen (secondary N) is 1. The fourth-order valence-corrected chi connectivity index (χ4v) is 5.79. The molecule has 2 heterocycles. The van der Waals surface area contributed by atoms with Crippen molar-refractivity contribution in [2.45, 2.75) is 43.3 Å². The van der Waals surface area contributed by atoms with Crippen LogP contribution in [0.2, 0.25) is 0 Å². The van der Waals surface area contributed by atoms with E-state index in [1.54, 1.807) is 31.0 Å². The predicted molar refractivity (Wildman–Crippen MR) is 126 cm³/mol. The molecule has 1 fully saturated rings. The lowest BCUT2D eigenvalue weighted by molar-refractivity contribution is -0.124. The van der Waals surface area contributed by atoms with Gasteiger partial charge in [-0.05, 0) is 55.2 Å². The molecule has 1 aliphatic heterocycles. The summed E-state index contributed by atoms with van der Waals surface area (Å²) in [5.41, 5.74) is 2.16. The lowest BCUT2D eigenvalue weighted by Gasteiger charge is -2.23. The highest BCUT2D eigenvalue weighted by Gasteiger charge is 2.39. The van der Waals surface area contributed by atoms with Crippen molar-refractivity contribution in [3.63, 3.8) is 0 Å². The van der Waals surface area contributed by atoms with Gasteiger partial charge in [0.25, 0.3) is 0 Å². The molecule has 10 nitrogen and oxygen atoms in total. The van der Waals surface area contributed by atoms with E-state index in [4.69, 9.17) is 9.47 Å². The SMILES string of the molecule is COCCCn1nnc2cc(S(=O)(=O)N3CCC[C@@H]3C(=O)NCc3ccc(OC)cc3)ccc21. The van der Waals surface area contributed by atoms with E-state index in [2.05, 4.69) is 15.6 Å². The first-order valence-electron chi connectivity index (χ1n) is 11.2. The summed E-state index contributed by atoms with van der Waals surface area (Å²) in [6, 6.07) is 11.4. The molecule has 4 rings (SSSR count). The van der Waals surface area contributed by atoms with E-state index in [0.717, 1.165) is 23.3 Å². The Balaban J connectivity index is 1.47. The van der Waals surface area contributed by atoms with Gasteiger partial charge in [0, 0.05) is 33.4 Å². The summed E-state index contributed by atoms with van der Waals surface area (Å²) in [5, 5.41) is 11.1. The summed E-state index contributed by atoms with van der Waals surface area (Å²) >= 11 is 0. The fraction of sp³-hybridized carbons (Fsp3) is 0.435. The van der Waals surface area contributed by atoms with Gasteiger partial charge < -0.3 is 14.8 Å². The van der Waals surface area contributed by atoms with Crippen molar-refractivity contribution < 1.29 is 22.7 Å². The highest BCUT2D eigenvalue weighted by Crippen LogP contribution is 2.28. The maximum Gasteiger partial charge on any atom is 0.243 e. The van der Waals surface area contributed by atoms with Gasteiger partial charge in [0.05, 0.1) is 17.5 Å². The van der Waals surface area contributed by atoms with E-state index in [0.29, 0.717) is 44.6 Å². The van der Waals surface area contributed by atoms with Gasteiger partial charge >= 0.3 is 0 Å². The van der Waals surface area contributed by atoms with Crippen molar-refractivity contribution in [1.82, 2.24) is 24.6 Å². The zero-order valence-electron chi connectivity index (χ0n) is 19.3. The van der Waals surface area contributed by atoms with E-state index >= 15 is 0 Å². The van der Waals surface area contributed by atoms with Crippen molar-refractivity contribution in [3.05, 3.63) is 48.0 Å². The molecule has 2 aromatic carbocycles. The van der Waals surface area contributed by atoms with Crippen molar-refractivity contribution in [1.29, 1.82) is 0 Å². The summed E-state index contributed by atoms with van der Waals surface area (Å²) in [6.07, 6.45) is 1.87. The van der Waals surface area contributed by atoms with Crippen LogP contribution in [0.4, 0.5) is 0 Å². The highest BCUT2D eigenvalue weighted by molar-refractivity contribution is 7.89. The second-order valence-electron chi connectivity index (χ2n) is 8.15. The number of benzene rings is 2. The Bertz CT molecular complexity index is 1240. The van der Waals surface area contributed by atoms with Crippen LogP contribution in [0, 0.1) is 0 Å².